The third-order valence-corrected chi connectivity index (χ3v) is 8.57. The van der Waals surface area contributed by atoms with E-state index in [4.69, 9.17) is 9.47 Å². The molecule has 3 fully saturated rings. The van der Waals surface area contributed by atoms with Crippen molar-refractivity contribution < 1.29 is 19.1 Å². The van der Waals surface area contributed by atoms with Crippen molar-refractivity contribution >= 4 is 23.2 Å². The predicted octanol–water partition coefficient (Wildman–Crippen LogP) is 2.00. The van der Waals surface area contributed by atoms with Crippen molar-refractivity contribution in [2.45, 2.75) is 43.3 Å². The highest BCUT2D eigenvalue weighted by Gasteiger charge is 2.67. The van der Waals surface area contributed by atoms with E-state index < -0.39 is 5.41 Å². The minimum Gasteiger partial charge on any atom is -0.497 e. The summed E-state index contributed by atoms with van der Waals surface area (Å²) in [6, 6.07) is 9.71. The third-order valence-electron chi connectivity index (χ3n) is 8.57. The number of amides is 2. The van der Waals surface area contributed by atoms with Gasteiger partial charge < -0.3 is 25.4 Å². The molecule has 2 aliphatic carbocycles. The molecule has 4 unspecified atom stereocenters. The molecule has 190 valence electrons. The van der Waals surface area contributed by atoms with Gasteiger partial charge in [-0.3, -0.25) is 15.0 Å². The fourth-order valence-corrected chi connectivity index (χ4v) is 6.64. The van der Waals surface area contributed by atoms with Crippen LogP contribution < -0.4 is 36.3 Å². The second-order valence-corrected chi connectivity index (χ2v) is 10.2. The highest BCUT2D eigenvalue weighted by molar-refractivity contribution is 6.09. The second kappa shape index (κ2) is 8.63. The first-order chi connectivity index (χ1) is 17.5. The Morgan fingerprint density at radius 1 is 1.14 bits per heavy atom. The van der Waals surface area contributed by atoms with Crippen LogP contribution in [0.2, 0.25) is 0 Å². The Labute approximate surface area is 209 Å². The standard InChI is InChI=1S/C26H32N6O4/c1-27-23(33)19-8-9-20(24(29-19)36-3)28-22-15-6-4-13(10-21(15)31-32-22)17-12-26(17)16-11-14(35-2)5-7-18(16)30-25(26)34/h5,7-9,11,13,15,17,21-22,28,31-32H,4,6,10,12H2,1-3H3,(H,27,33)(H,30,34)/t13?,15?,17-,21?,22?,26-/m0/s1. The first-order valence-corrected chi connectivity index (χ1v) is 12.5. The zero-order chi connectivity index (χ0) is 25.0. The molecular formula is C26H32N6O4. The van der Waals surface area contributed by atoms with Crippen molar-refractivity contribution in [1.82, 2.24) is 21.2 Å². The molecule has 5 N–H and O–H groups in total. The Morgan fingerprint density at radius 2 is 2.00 bits per heavy atom. The van der Waals surface area contributed by atoms with Gasteiger partial charge in [-0.1, -0.05) is 0 Å². The summed E-state index contributed by atoms with van der Waals surface area (Å²) in [6.07, 6.45) is 4.03. The summed E-state index contributed by atoms with van der Waals surface area (Å²) in [4.78, 5) is 29.3. The number of ether oxygens (including phenoxy) is 2. The van der Waals surface area contributed by atoms with Crippen molar-refractivity contribution in [3.63, 3.8) is 0 Å². The van der Waals surface area contributed by atoms with Crippen LogP contribution in [0, 0.1) is 17.8 Å². The van der Waals surface area contributed by atoms with Gasteiger partial charge in [0.15, 0.2) is 0 Å². The van der Waals surface area contributed by atoms with Crippen LogP contribution in [0.15, 0.2) is 30.3 Å². The summed E-state index contributed by atoms with van der Waals surface area (Å²) in [7, 11) is 4.79. The number of rotatable bonds is 6. The van der Waals surface area contributed by atoms with Crippen LogP contribution in [-0.4, -0.2) is 50.3 Å². The van der Waals surface area contributed by atoms with E-state index in [2.05, 4.69) is 31.8 Å². The van der Waals surface area contributed by atoms with E-state index in [1.165, 1.54) is 0 Å². The molecule has 2 saturated carbocycles. The van der Waals surface area contributed by atoms with Crippen LogP contribution in [0.4, 0.5) is 11.4 Å². The number of aromatic nitrogens is 1. The maximum absolute atomic E-state index is 13.1. The lowest BCUT2D eigenvalue weighted by atomic mass is 9.74. The topological polar surface area (TPSA) is 126 Å². The summed E-state index contributed by atoms with van der Waals surface area (Å²) in [5, 5.41) is 9.20. The molecule has 2 aromatic rings. The van der Waals surface area contributed by atoms with Gasteiger partial charge in [-0.25, -0.2) is 10.4 Å². The first-order valence-electron chi connectivity index (χ1n) is 12.5. The van der Waals surface area contributed by atoms with E-state index in [9.17, 15) is 9.59 Å². The number of benzene rings is 1. The molecule has 10 heteroatoms. The minimum atomic E-state index is -0.406. The molecule has 1 aromatic heterocycles. The van der Waals surface area contributed by atoms with Gasteiger partial charge >= 0.3 is 0 Å². The number of hydrogen-bond acceptors (Lipinski definition) is 8. The van der Waals surface area contributed by atoms with Crippen LogP contribution in [-0.2, 0) is 10.2 Å². The van der Waals surface area contributed by atoms with Gasteiger partial charge in [-0.2, -0.15) is 0 Å². The van der Waals surface area contributed by atoms with E-state index in [0.717, 1.165) is 48.4 Å². The Bertz CT molecular complexity index is 1220. The summed E-state index contributed by atoms with van der Waals surface area (Å²) >= 11 is 0. The average molecular weight is 493 g/mol. The van der Waals surface area contributed by atoms with Crippen LogP contribution >= 0.6 is 0 Å². The number of pyridine rings is 1. The molecule has 3 heterocycles. The molecule has 0 bridgehead atoms. The Kier molecular flexibility index (Phi) is 5.53. The fourth-order valence-electron chi connectivity index (χ4n) is 6.64. The van der Waals surface area contributed by atoms with E-state index in [-0.39, 0.29) is 18.0 Å². The molecule has 36 heavy (non-hydrogen) atoms. The zero-order valence-electron chi connectivity index (χ0n) is 20.7. The number of carbonyl (C=O) groups excluding carboxylic acids is 2. The van der Waals surface area contributed by atoms with Gasteiger partial charge in [-0.15, -0.1) is 0 Å². The minimum absolute atomic E-state index is 0.00503. The summed E-state index contributed by atoms with van der Waals surface area (Å²) in [5.41, 5.74) is 9.55. The molecule has 2 aliphatic heterocycles. The number of nitrogens with one attached hydrogen (secondary N) is 5. The smallest absolute Gasteiger partial charge is 0.269 e. The lowest BCUT2D eigenvalue weighted by Crippen LogP contribution is -2.39. The number of carbonyl (C=O) groups is 2. The van der Waals surface area contributed by atoms with E-state index >= 15 is 0 Å². The molecular weight excluding hydrogens is 460 g/mol. The monoisotopic (exact) mass is 492 g/mol. The third kappa shape index (κ3) is 3.50. The van der Waals surface area contributed by atoms with Crippen LogP contribution in [0.3, 0.4) is 0 Å². The quantitative estimate of drug-likeness (QED) is 0.415. The Hall–Kier alpha value is -3.37. The van der Waals surface area contributed by atoms with Crippen LogP contribution in [0.5, 0.6) is 11.6 Å². The molecule has 1 saturated heterocycles. The number of hydrazine groups is 1. The molecule has 4 aliphatic rings. The Morgan fingerprint density at radius 3 is 2.78 bits per heavy atom. The zero-order valence-corrected chi connectivity index (χ0v) is 20.7. The molecule has 2 amide bonds. The Balaban J connectivity index is 1.14. The van der Waals surface area contributed by atoms with E-state index in [1.54, 1.807) is 27.3 Å². The highest BCUT2D eigenvalue weighted by atomic mass is 16.5. The second-order valence-electron chi connectivity index (χ2n) is 10.2. The van der Waals surface area contributed by atoms with Crippen molar-refractivity contribution in [2.75, 3.05) is 31.9 Å². The summed E-state index contributed by atoms with van der Waals surface area (Å²) in [5.74, 6) is 2.26. The number of anilines is 2. The maximum atomic E-state index is 13.1. The number of fused-ring (bicyclic) bond motifs is 3. The van der Waals surface area contributed by atoms with Gasteiger partial charge in [0.25, 0.3) is 5.91 Å². The van der Waals surface area contributed by atoms with Crippen molar-refractivity contribution in [1.29, 1.82) is 0 Å². The van der Waals surface area contributed by atoms with E-state index in [1.807, 2.05) is 24.3 Å². The molecule has 6 atom stereocenters. The first kappa shape index (κ1) is 23.1. The van der Waals surface area contributed by atoms with Gasteiger partial charge in [0.2, 0.25) is 11.8 Å². The van der Waals surface area contributed by atoms with Gasteiger partial charge in [-0.05, 0) is 73.4 Å². The van der Waals surface area contributed by atoms with Crippen molar-refractivity contribution in [3.8, 4) is 11.6 Å². The summed E-state index contributed by atoms with van der Waals surface area (Å²) in [6.45, 7) is 0. The fraction of sp³-hybridized carbons (Fsp3) is 0.500. The molecule has 1 spiro atoms. The lowest BCUT2D eigenvalue weighted by molar-refractivity contribution is -0.118. The van der Waals surface area contributed by atoms with Crippen LogP contribution in [0.25, 0.3) is 0 Å². The lowest BCUT2D eigenvalue weighted by Gasteiger charge is -2.34. The number of methoxy groups -OCH3 is 2. The van der Waals surface area contributed by atoms with Crippen molar-refractivity contribution in [2.24, 2.45) is 17.8 Å². The van der Waals surface area contributed by atoms with Crippen molar-refractivity contribution in [3.05, 3.63) is 41.6 Å². The average Bonchev–Trinajstić information content (AvgIpc) is 3.46. The molecule has 10 nitrogen and oxygen atoms in total. The molecule has 0 radical (unpaired) electrons. The van der Waals surface area contributed by atoms with Gasteiger partial charge in [0, 0.05) is 24.7 Å². The highest BCUT2D eigenvalue weighted by Crippen LogP contribution is 2.65. The maximum Gasteiger partial charge on any atom is 0.269 e. The molecule has 6 rings (SSSR count). The number of nitrogens with zero attached hydrogens (tertiary/aromatic N) is 1. The molecule has 1 aromatic carbocycles. The predicted molar refractivity (Wildman–Crippen MR) is 134 cm³/mol. The van der Waals surface area contributed by atoms with Gasteiger partial charge in [0.1, 0.15) is 11.4 Å². The summed E-state index contributed by atoms with van der Waals surface area (Å²) < 4.78 is 10.9. The normalized spacial score (nSPS) is 31.9. The van der Waals surface area contributed by atoms with Gasteiger partial charge in [0.05, 0.1) is 31.5 Å². The largest absolute Gasteiger partial charge is 0.497 e. The van der Waals surface area contributed by atoms with Crippen LogP contribution in [0.1, 0.15) is 41.7 Å². The SMILES string of the molecule is CNC(=O)c1ccc(NC2NNC3CC([C@@H]4C[C@@]45C(=O)Nc4ccc(OC)cc45)CCC32)c(OC)n1. The van der Waals surface area contributed by atoms with E-state index in [0.29, 0.717) is 35.4 Å². The number of hydrogen-bond donors (Lipinski definition) is 5.